The maximum absolute atomic E-state index is 14.8. The Balaban J connectivity index is 1.39. The van der Waals surface area contributed by atoms with Crippen molar-refractivity contribution in [3.63, 3.8) is 0 Å². The van der Waals surface area contributed by atoms with Gasteiger partial charge >= 0.3 is 6.09 Å². The van der Waals surface area contributed by atoms with Gasteiger partial charge in [-0.05, 0) is 121 Å². The molecule has 6 atom stereocenters. The molecule has 0 saturated carbocycles. The molecule has 0 radical (unpaired) electrons. The molecule has 2 aromatic carbocycles. The molecule has 6 unspecified atom stereocenters. The van der Waals surface area contributed by atoms with Crippen molar-refractivity contribution in [2.75, 3.05) is 27.3 Å². The Labute approximate surface area is 331 Å². The number of likely N-dealkylation sites (tertiary alicyclic amines) is 2. The third-order valence-electron chi connectivity index (χ3n) is 11.3. The first-order chi connectivity index (χ1) is 27.1. The first-order valence-corrected chi connectivity index (χ1v) is 19.6. The van der Waals surface area contributed by atoms with E-state index in [4.69, 9.17) is 14.2 Å². The molecule has 4 amide bonds. The van der Waals surface area contributed by atoms with E-state index in [1.165, 1.54) is 38.5 Å². The zero-order valence-corrected chi connectivity index (χ0v) is 33.7. The molecule has 2 fully saturated rings. The Bertz CT molecular complexity index is 2110. The maximum atomic E-state index is 14.8. The molecule has 6 rings (SSSR count). The molecular weight excluding hydrogens is 738 g/mol. The van der Waals surface area contributed by atoms with Crippen molar-refractivity contribution in [3.8, 4) is 11.4 Å². The van der Waals surface area contributed by atoms with Crippen molar-refractivity contribution in [2.24, 2.45) is 0 Å². The standard InChI is InChI=1S/C42H54F2N6O7/c1-23(55-6)35(45-22-51)39(52)49-16-8-10-27(49)20-31-29-14-12-25(43)18-33(29)46-37(31)38-32(30-15-13-26(44)19-34(30)47-38)21-28-11-9-17-50(28)40(53)36(24(2)56-7)48-41(54)57-42(3,4)5/h12-15,18-19,22-24,27-28,35-36,46-47H,8-11,16-17,20-21H2,1-7H3,(H,45,51)(H,48,54). The number of benzene rings is 2. The van der Waals surface area contributed by atoms with Crippen LogP contribution in [0.4, 0.5) is 13.6 Å². The predicted octanol–water partition coefficient (Wildman–Crippen LogP) is 5.74. The predicted molar refractivity (Wildman–Crippen MR) is 211 cm³/mol. The van der Waals surface area contributed by atoms with E-state index in [2.05, 4.69) is 20.6 Å². The van der Waals surface area contributed by atoms with E-state index >= 15 is 0 Å². The lowest BCUT2D eigenvalue weighted by molar-refractivity contribution is -0.139. The van der Waals surface area contributed by atoms with E-state index in [0.717, 1.165) is 34.7 Å². The highest BCUT2D eigenvalue weighted by Gasteiger charge is 2.40. The van der Waals surface area contributed by atoms with Crippen molar-refractivity contribution in [1.29, 1.82) is 0 Å². The second-order valence-electron chi connectivity index (χ2n) is 16.2. The van der Waals surface area contributed by atoms with E-state index in [-0.39, 0.29) is 23.9 Å². The van der Waals surface area contributed by atoms with Gasteiger partial charge in [-0.2, -0.15) is 0 Å². The first-order valence-electron chi connectivity index (χ1n) is 19.6. The number of aromatic amines is 2. The van der Waals surface area contributed by atoms with Gasteiger partial charge in [0.05, 0.1) is 23.6 Å². The van der Waals surface area contributed by atoms with Gasteiger partial charge in [-0.15, -0.1) is 0 Å². The third kappa shape index (κ3) is 8.94. The van der Waals surface area contributed by atoms with Crippen LogP contribution in [0.3, 0.4) is 0 Å². The van der Waals surface area contributed by atoms with E-state index in [1.54, 1.807) is 56.6 Å². The van der Waals surface area contributed by atoms with E-state index in [0.29, 0.717) is 67.6 Å². The van der Waals surface area contributed by atoms with Crippen LogP contribution < -0.4 is 10.6 Å². The number of hydrogen-bond donors (Lipinski definition) is 4. The molecule has 0 bridgehead atoms. The number of alkyl carbamates (subject to hydrolysis) is 1. The molecule has 2 saturated heterocycles. The first kappa shape index (κ1) is 41.6. The molecule has 2 aliphatic heterocycles. The summed E-state index contributed by atoms with van der Waals surface area (Å²) in [6, 6.07) is 6.68. The topological polar surface area (TPSA) is 158 Å². The second kappa shape index (κ2) is 17.2. The Morgan fingerprint density at radius 1 is 0.807 bits per heavy atom. The van der Waals surface area contributed by atoms with Crippen LogP contribution in [0.25, 0.3) is 33.2 Å². The van der Waals surface area contributed by atoms with Gasteiger partial charge in [0.2, 0.25) is 18.2 Å². The number of hydrogen-bond acceptors (Lipinski definition) is 7. The van der Waals surface area contributed by atoms with Crippen molar-refractivity contribution >= 4 is 46.1 Å². The SMILES string of the molecule is COC(C)C(NC=O)C(=O)N1CCCC1Cc1c(-c2[nH]c3cc(F)ccc3c2CC2CCCN2C(=O)C(NC(=O)OC(C)(C)C)C(C)OC)[nH]c2cc(F)ccc12. The zero-order chi connectivity index (χ0) is 41.2. The summed E-state index contributed by atoms with van der Waals surface area (Å²) >= 11 is 0. The molecule has 0 aliphatic carbocycles. The Morgan fingerprint density at radius 3 is 1.70 bits per heavy atom. The largest absolute Gasteiger partial charge is 0.444 e. The van der Waals surface area contributed by atoms with Gasteiger partial charge in [0.1, 0.15) is 29.3 Å². The van der Waals surface area contributed by atoms with Gasteiger partial charge < -0.3 is 44.6 Å². The summed E-state index contributed by atoms with van der Waals surface area (Å²) in [4.78, 5) is 63.0. The molecule has 15 heteroatoms. The van der Waals surface area contributed by atoms with Crippen LogP contribution in [0.15, 0.2) is 36.4 Å². The molecule has 4 heterocycles. The quantitative estimate of drug-likeness (QED) is 0.119. The summed E-state index contributed by atoms with van der Waals surface area (Å²) in [6.45, 7) is 9.64. The van der Waals surface area contributed by atoms with Crippen LogP contribution in [0.1, 0.15) is 71.4 Å². The van der Waals surface area contributed by atoms with Gasteiger partial charge in [-0.3, -0.25) is 14.4 Å². The highest BCUT2D eigenvalue weighted by molar-refractivity contribution is 5.96. The highest BCUT2D eigenvalue weighted by atomic mass is 19.1. The van der Waals surface area contributed by atoms with Crippen molar-refractivity contribution in [2.45, 2.75) is 115 Å². The molecule has 57 heavy (non-hydrogen) atoms. The monoisotopic (exact) mass is 792 g/mol. The second-order valence-corrected chi connectivity index (χ2v) is 16.2. The molecule has 308 valence electrons. The third-order valence-corrected chi connectivity index (χ3v) is 11.3. The number of fused-ring (bicyclic) bond motifs is 2. The van der Waals surface area contributed by atoms with Crippen LogP contribution in [-0.4, -0.2) is 113 Å². The number of nitrogens with zero attached hydrogens (tertiary/aromatic N) is 2. The van der Waals surface area contributed by atoms with Crippen LogP contribution in [0.2, 0.25) is 0 Å². The Kier molecular flexibility index (Phi) is 12.6. The fourth-order valence-corrected chi connectivity index (χ4v) is 8.38. The Hall–Kier alpha value is -5.02. The Morgan fingerprint density at radius 2 is 1.26 bits per heavy atom. The van der Waals surface area contributed by atoms with Gasteiger partial charge in [-0.25, -0.2) is 13.6 Å². The fraction of sp³-hybridized carbons (Fsp3) is 0.524. The lowest BCUT2D eigenvalue weighted by Gasteiger charge is -2.32. The normalized spacial score (nSPS) is 19.5. The summed E-state index contributed by atoms with van der Waals surface area (Å²) in [6.07, 6.45) is 2.23. The summed E-state index contributed by atoms with van der Waals surface area (Å²) in [5.41, 5.74) is 3.36. The van der Waals surface area contributed by atoms with Gasteiger partial charge in [0.15, 0.2) is 0 Å². The average molecular weight is 793 g/mol. The molecule has 0 spiro atoms. The number of methoxy groups -OCH3 is 2. The van der Waals surface area contributed by atoms with Crippen LogP contribution in [0.5, 0.6) is 0 Å². The average Bonchev–Trinajstić information content (AvgIpc) is 3.97. The van der Waals surface area contributed by atoms with Crippen LogP contribution in [0, 0.1) is 11.6 Å². The molecule has 2 aromatic heterocycles. The number of rotatable bonds is 14. The number of carbonyl (C=O) groups excluding carboxylic acids is 4. The van der Waals surface area contributed by atoms with Crippen molar-refractivity contribution < 1.29 is 42.2 Å². The smallest absolute Gasteiger partial charge is 0.408 e. The number of amides is 4. The molecule has 4 N–H and O–H groups in total. The number of ether oxygens (including phenoxy) is 3. The lowest BCUT2D eigenvalue weighted by atomic mass is 9.95. The fourth-order valence-electron chi connectivity index (χ4n) is 8.38. The summed E-state index contributed by atoms with van der Waals surface area (Å²) in [5, 5.41) is 6.90. The van der Waals surface area contributed by atoms with Crippen LogP contribution >= 0.6 is 0 Å². The van der Waals surface area contributed by atoms with Gasteiger partial charge in [0, 0.05) is 61.2 Å². The summed E-state index contributed by atoms with van der Waals surface area (Å²) < 4.78 is 46.0. The highest BCUT2D eigenvalue weighted by Crippen LogP contribution is 2.40. The summed E-state index contributed by atoms with van der Waals surface area (Å²) in [7, 11) is 2.96. The summed E-state index contributed by atoms with van der Waals surface area (Å²) in [5.74, 6) is -1.40. The minimum atomic E-state index is -1.01. The number of aromatic nitrogens is 2. The molecule has 4 aromatic rings. The number of halogens is 2. The van der Waals surface area contributed by atoms with Crippen molar-refractivity contribution in [1.82, 2.24) is 30.4 Å². The minimum absolute atomic E-state index is 0.245. The minimum Gasteiger partial charge on any atom is -0.444 e. The van der Waals surface area contributed by atoms with E-state index < -0.39 is 47.6 Å². The van der Waals surface area contributed by atoms with Crippen LogP contribution in [-0.2, 0) is 41.4 Å². The molecule has 13 nitrogen and oxygen atoms in total. The number of H-pyrrole nitrogens is 2. The van der Waals surface area contributed by atoms with E-state index in [9.17, 15) is 28.0 Å². The van der Waals surface area contributed by atoms with Crippen molar-refractivity contribution in [3.05, 3.63) is 59.2 Å². The van der Waals surface area contributed by atoms with Gasteiger partial charge in [0.25, 0.3) is 0 Å². The zero-order valence-electron chi connectivity index (χ0n) is 33.7. The number of carbonyl (C=O) groups is 4. The maximum Gasteiger partial charge on any atom is 0.408 e. The lowest BCUT2D eigenvalue weighted by Crippen LogP contribution is -2.56. The molecule has 2 aliphatic rings. The van der Waals surface area contributed by atoms with Gasteiger partial charge in [-0.1, -0.05) is 0 Å². The number of nitrogens with one attached hydrogen (secondary N) is 4. The molecular formula is C42H54F2N6O7. The van der Waals surface area contributed by atoms with E-state index in [1.807, 2.05) is 0 Å².